The van der Waals surface area contributed by atoms with E-state index < -0.39 is 44.6 Å². The van der Waals surface area contributed by atoms with Crippen molar-refractivity contribution in [2.75, 3.05) is 38.5 Å². The Kier molecular flexibility index (Phi) is 7.15. The van der Waals surface area contributed by atoms with E-state index in [9.17, 15) is 22.8 Å². The number of rotatable bonds is 11. The van der Waals surface area contributed by atoms with Gasteiger partial charge < -0.3 is 19.5 Å². The molecule has 0 bridgehead atoms. The molecule has 4 rings (SSSR count). The molecule has 1 aliphatic carbocycles. The molecule has 0 unspecified atom stereocenters. The summed E-state index contributed by atoms with van der Waals surface area (Å²) in [7, 11) is -0.719. The lowest BCUT2D eigenvalue weighted by Crippen LogP contribution is -2.38. The van der Waals surface area contributed by atoms with Crippen molar-refractivity contribution in [3.63, 3.8) is 0 Å². The average molecular weight is 523 g/mol. The van der Waals surface area contributed by atoms with Crippen LogP contribution in [0.1, 0.15) is 52.1 Å². The van der Waals surface area contributed by atoms with E-state index in [-0.39, 0.29) is 22.7 Å². The molecule has 10 nitrogen and oxygen atoms in total. The van der Waals surface area contributed by atoms with Crippen molar-refractivity contribution in [3.8, 4) is 11.5 Å². The van der Waals surface area contributed by atoms with Crippen LogP contribution < -0.4 is 14.8 Å². The summed E-state index contributed by atoms with van der Waals surface area (Å²) < 4.78 is 41.8. The van der Waals surface area contributed by atoms with Crippen LogP contribution >= 0.6 is 11.3 Å². The van der Waals surface area contributed by atoms with Crippen molar-refractivity contribution in [3.05, 3.63) is 40.3 Å². The number of anilines is 1. The van der Waals surface area contributed by atoms with Crippen LogP contribution in [0.3, 0.4) is 0 Å². The summed E-state index contributed by atoms with van der Waals surface area (Å²) in [6.45, 7) is 1.92. The van der Waals surface area contributed by atoms with Crippen LogP contribution in [-0.4, -0.2) is 69.5 Å². The van der Waals surface area contributed by atoms with Crippen molar-refractivity contribution < 1.29 is 37.0 Å². The number of hydrogen-bond donors (Lipinski definition) is 1. The Labute approximate surface area is 207 Å². The maximum Gasteiger partial charge on any atom is 0.265 e. The number of carbonyl (C=O) groups is 3. The SMILES string of the molecule is CCOc1cc([C@H](CS(=O)(=O)C2CC2)N2C(=O)c3csc(NC(=O)COC)c3C2=O)ccc1OC. The standard InChI is InChI=1S/C23H26N2O8S2/c1-4-33-18-9-13(5-8-17(18)32-3)16(12-35(29,30)14-6-7-14)25-22(27)15-11-34-21(20(15)23(25)28)24-19(26)10-31-2/h5,8-9,11,14,16H,4,6-7,10,12H2,1-3H3,(H,24,26)/t16-/m0/s1. The van der Waals surface area contributed by atoms with E-state index in [1.807, 2.05) is 0 Å². The van der Waals surface area contributed by atoms with Gasteiger partial charge in [-0.3, -0.25) is 19.3 Å². The molecule has 3 amide bonds. The van der Waals surface area contributed by atoms with Crippen LogP contribution in [0.25, 0.3) is 0 Å². The molecule has 1 atom stereocenters. The van der Waals surface area contributed by atoms with Gasteiger partial charge in [-0.25, -0.2) is 8.42 Å². The van der Waals surface area contributed by atoms with Crippen molar-refractivity contribution in [2.45, 2.75) is 31.1 Å². The zero-order valence-corrected chi connectivity index (χ0v) is 21.2. The summed E-state index contributed by atoms with van der Waals surface area (Å²) in [4.78, 5) is 39.9. The molecule has 2 aromatic rings. The van der Waals surface area contributed by atoms with E-state index in [2.05, 4.69) is 5.32 Å². The number of amides is 3. The largest absolute Gasteiger partial charge is 0.493 e. The molecule has 1 fully saturated rings. The highest BCUT2D eigenvalue weighted by molar-refractivity contribution is 7.92. The van der Waals surface area contributed by atoms with Crippen molar-refractivity contribution >= 4 is 43.9 Å². The first-order valence-corrected chi connectivity index (χ1v) is 13.6. The summed E-state index contributed by atoms with van der Waals surface area (Å²) in [5.41, 5.74) is 0.607. The molecule has 1 saturated carbocycles. The van der Waals surface area contributed by atoms with Crippen molar-refractivity contribution in [1.82, 2.24) is 4.90 Å². The molecule has 0 radical (unpaired) electrons. The number of fused-ring (bicyclic) bond motifs is 1. The second-order valence-corrected chi connectivity index (χ2v) is 11.4. The number of thiophene rings is 1. The monoisotopic (exact) mass is 522 g/mol. The molecule has 2 aliphatic rings. The maximum absolute atomic E-state index is 13.5. The lowest BCUT2D eigenvalue weighted by Gasteiger charge is -2.27. The topological polar surface area (TPSA) is 128 Å². The Hall–Kier alpha value is -2.96. The Morgan fingerprint density at radius 3 is 2.57 bits per heavy atom. The quantitative estimate of drug-likeness (QED) is 0.446. The van der Waals surface area contributed by atoms with E-state index in [0.29, 0.717) is 36.5 Å². The number of carbonyl (C=O) groups excluding carboxylic acids is 3. The first-order chi connectivity index (χ1) is 16.7. The molecule has 2 heterocycles. The molecule has 35 heavy (non-hydrogen) atoms. The lowest BCUT2D eigenvalue weighted by molar-refractivity contribution is -0.119. The summed E-state index contributed by atoms with van der Waals surface area (Å²) >= 11 is 1.05. The van der Waals surface area contributed by atoms with Gasteiger partial charge in [0.05, 0.1) is 41.9 Å². The maximum atomic E-state index is 13.5. The van der Waals surface area contributed by atoms with E-state index in [1.54, 1.807) is 25.1 Å². The van der Waals surface area contributed by atoms with Gasteiger partial charge in [-0.05, 0) is 37.5 Å². The van der Waals surface area contributed by atoms with Gasteiger partial charge in [0.1, 0.15) is 11.6 Å². The zero-order chi connectivity index (χ0) is 25.3. The van der Waals surface area contributed by atoms with Crippen LogP contribution in [0.5, 0.6) is 11.5 Å². The van der Waals surface area contributed by atoms with Crippen LogP contribution in [-0.2, 0) is 19.4 Å². The number of sulfone groups is 1. The number of nitrogens with one attached hydrogen (secondary N) is 1. The predicted octanol–water partition coefficient (Wildman–Crippen LogP) is 2.65. The Morgan fingerprint density at radius 1 is 1.20 bits per heavy atom. The third-order valence-corrected chi connectivity index (χ3v) is 8.97. The van der Waals surface area contributed by atoms with Crippen LogP contribution in [0.2, 0.25) is 0 Å². The fraction of sp³-hybridized carbons (Fsp3) is 0.435. The van der Waals surface area contributed by atoms with E-state index in [4.69, 9.17) is 14.2 Å². The number of nitrogens with zero attached hydrogens (tertiary/aromatic N) is 1. The van der Waals surface area contributed by atoms with Gasteiger partial charge >= 0.3 is 0 Å². The highest BCUT2D eigenvalue weighted by atomic mass is 32.2. The number of ether oxygens (including phenoxy) is 3. The zero-order valence-electron chi connectivity index (χ0n) is 19.5. The van der Waals surface area contributed by atoms with E-state index >= 15 is 0 Å². The minimum absolute atomic E-state index is 0.0526. The lowest BCUT2D eigenvalue weighted by atomic mass is 10.1. The first kappa shape index (κ1) is 25.1. The van der Waals surface area contributed by atoms with Gasteiger partial charge in [-0.2, -0.15) is 0 Å². The van der Waals surface area contributed by atoms with Gasteiger partial charge in [0.25, 0.3) is 17.7 Å². The fourth-order valence-corrected chi connectivity index (χ4v) is 6.86. The molecule has 0 spiro atoms. The van der Waals surface area contributed by atoms with E-state index in [1.165, 1.54) is 19.6 Å². The summed E-state index contributed by atoms with van der Waals surface area (Å²) in [6.07, 6.45) is 1.12. The number of hydrogen-bond acceptors (Lipinski definition) is 9. The van der Waals surface area contributed by atoms with Gasteiger partial charge in [0.2, 0.25) is 0 Å². The molecular weight excluding hydrogens is 496 g/mol. The minimum atomic E-state index is -3.57. The third kappa shape index (κ3) is 4.91. The Morgan fingerprint density at radius 2 is 1.94 bits per heavy atom. The molecule has 1 aromatic heterocycles. The molecule has 1 N–H and O–H groups in total. The second kappa shape index (κ2) is 9.96. The third-order valence-electron chi connectivity index (χ3n) is 5.81. The molecular formula is C23H26N2O8S2. The molecule has 1 aliphatic heterocycles. The summed E-state index contributed by atoms with van der Waals surface area (Å²) in [5.74, 6) is -1.34. The van der Waals surface area contributed by atoms with Crippen LogP contribution in [0.4, 0.5) is 5.00 Å². The minimum Gasteiger partial charge on any atom is -0.493 e. The molecule has 12 heteroatoms. The molecule has 0 saturated heterocycles. The molecule has 188 valence electrons. The summed E-state index contributed by atoms with van der Waals surface area (Å²) in [6, 6.07) is 3.77. The van der Waals surface area contributed by atoms with Gasteiger partial charge in [-0.15, -0.1) is 11.3 Å². The number of benzene rings is 1. The average Bonchev–Trinajstić information content (AvgIpc) is 3.56. The second-order valence-electron chi connectivity index (χ2n) is 8.20. The Bertz CT molecular complexity index is 1270. The fourth-order valence-electron chi connectivity index (χ4n) is 4.01. The Balaban J connectivity index is 1.74. The van der Waals surface area contributed by atoms with Crippen LogP contribution in [0, 0.1) is 0 Å². The van der Waals surface area contributed by atoms with Crippen molar-refractivity contribution in [1.29, 1.82) is 0 Å². The highest BCUT2D eigenvalue weighted by Gasteiger charge is 2.47. The molecule has 1 aromatic carbocycles. The first-order valence-electron chi connectivity index (χ1n) is 11.0. The number of methoxy groups -OCH3 is 2. The number of imide groups is 1. The predicted molar refractivity (Wildman–Crippen MR) is 129 cm³/mol. The van der Waals surface area contributed by atoms with Crippen molar-refractivity contribution in [2.24, 2.45) is 0 Å². The smallest absolute Gasteiger partial charge is 0.265 e. The highest BCUT2D eigenvalue weighted by Crippen LogP contribution is 2.42. The van der Waals surface area contributed by atoms with Gasteiger partial charge in [0, 0.05) is 12.5 Å². The van der Waals surface area contributed by atoms with Crippen LogP contribution in [0.15, 0.2) is 23.6 Å². The van der Waals surface area contributed by atoms with Gasteiger partial charge in [-0.1, -0.05) is 6.07 Å². The normalized spacial score (nSPS) is 16.3. The summed E-state index contributed by atoms with van der Waals surface area (Å²) in [5, 5.41) is 3.83. The van der Waals surface area contributed by atoms with E-state index in [0.717, 1.165) is 16.2 Å². The van der Waals surface area contributed by atoms with Gasteiger partial charge in [0.15, 0.2) is 21.3 Å².